The number of hydrazine groups is 1. The number of ketones is 1. The topological polar surface area (TPSA) is 96.7 Å². The van der Waals surface area contributed by atoms with Gasteiger partial charge in [0.15, 0.2) is 11.6 Å². The van der Waals surface area contributed by atoms with E-state index in [1.165, 1.54) is 12.1 Å². The zero-order valence-electron chi connectivity index (χ0n) is 15.5. The molecule has 2 aromatic carbocycles. The van der Waals surface area contributed by atoms with Crippen molar-refractivity contribution >= 4 is 23.0 Å². The molecular formula is C19H22F3N5O. The summed E-state index contributed by atoms with van der Waals surface area (Å²) in [7, 11) is 0. The van der Waals surface area contributed by atoms with Gasteiger partial charge in [0.05, 0.1) is 5.56 Å². The zero-order valence-corrected chi connectivity index (χ0v) is 15.5. The number of alkyl halides is 3. The maximum absolute atomic E-state index is 12.7. The number of nitrogens with two attached hydrogens (primary N) is 2. The summed E-state index contributed by atoms with van der Waals surface area (Å²) < 4.78 is 38.1. The average molecular weight is 393 g/mol. The van der Waals surface area contributed by atoms with Gasteiger partial charge in [-0.3, -0.25) is 4.79 Å². The summed E-state index contributed by atoms with van der Waals surface area (Å²) in [4.78, 5) is 11.8. The van der Waals surface area contributed by atoms with Gasteiger partial charge in [0.2, 0.25) is 0 Å². The smallest absolute Gasteiger partial charge is 0.382 e. The van der Waals surface area contributed by atoms with E-state index in [9.17, 15) is 18.0 Å². The summed E-state index contributed by atoms with van der Waals surface area (Å²) in [5, 5.41) is 7.99. The van der Waals surface area contributed by atoms with Crippen molar-refractivity contribution in [3.8, 4) is 0 Å². The van der Waals surface area contributed by atoms with Gasteiger partial charge >= 0.3 is 6.18 Å². The average Bonchev–Trinajstić information content (AvgIpc) is 2.61. The molecule has 0 aromatic heterocycles. The standard InChI is InChI=1S/C19H22F3N5O/c1-12(2)17(28)11-27(24)26-18(23)15-5-3-4-6-16(15)25-14-9-7-13(8-10-14)19(20,21)22/h3-10,12,25H,11,24H2,1-2H3,(H2,23,26). The molecule has 0 aliphatic rings. The molecule has 0 amide bonds. The van der Waals surface area contributed by atoms with E-state index in [1.54, 1.807) is 38.1 Å². The van der Waals surface area contributed by atoms with Crippen LogP contribution in [0.4, 0.5) is 24.5 Å². The number of Topliss-reactive ketones (excluding diaryl/α,β-unsaturated/α-hetero) is 1. The molecule has 0 saturated carbocycles. The Labute approximate surface area is 161 Å². The lowest BCUT2D eigenvalue weighted by atomic mass is 10.1. The molecule has 0 bridgehead atoms. The third kappa shape index (κ3) is 5.71. The molecule has 5 N–H and O–H groups in total. The van der Waals surface area contributed by atoms with Crippen LogP contribution in [0.1, 0.15) is 25.0 Å². The van der Waals surface area contributed by atoms with E-state index in [0.717, 1.165) is 17.3 Å². The van der Waals surface area contributed by atoms with Crippen LogP contribution in [0, 0.1) is 5.92 Å². The van der Waals surface area contributed by atoms with Gasteiger partial charge in [0.1, 0.15) is 6.54 Å². The van der Waals surface area contributed by atoms with Crippen molar-refractivity contribution in [2.45, 2.75) is 20.0 Å². The lowest BCUT2D eigenvalue weighted by molar-refractivity contribution is -0.137. The van der Waals surface area contributed by atoms with E-state index in [0.29, 0.717) is 16.9 Å². The van der Waals surface area contributed by atoms with E-state index in [2.05, 4.69) is 10.4 Å². The van der Waals surface area contributed by atoms with Crippen LogP contribution in [0.5, 0.6) is 0 Å². The van der Waals surface area contributed by atoms with E-state index in [4.69, 9.17) is 11.6 Å². The summed E-state index contributed by atoms with van der Waals surface area (Å²) in [5.41, 5.74) is 6.76. The molecule has 9 heteroatoms. The van der Waals surface area contributed by atoms with E-state index in [1.807, 2.05) is 0 Å². The first-order chi connectivity index (χ1) is 13.1. The Balaban J connectivity index is 2.20. The highest BCUT2D eigenvalue weighted by molar-refractivity contribution is 6.02. The van der Waals surface area contributed by atoms with Crippen molar-refractivity contribution in [3.05, 3.63) is 59.7 Å². The Morgan fingerprint density at radius 1 is 1.14 bits per heavy atom. The van der Waals surface area contributed by atoms with Crippen LogP contribution in [0.2, 0.25) is 0 Å². The first kappa shape index (κ1) is 21.2. The van der Waals surface area contributed by atoms with E-state index < -0.39 is 11.7 Å². The molecule has 0 aliphatic heterocycles. The second-order valence-electron chi connectivity index (χ2n) is 6.45. The number of carbonyl (C=O) groups excluding carboxylic acids is 1. The van der Waals surface area contributed by atoms with Crippen LogP contribution < -0.4 is 16.9 Å². The fraction of sp³-hybridized carbons (Fsp3) is 0.263. The number of amidine groups is 1. The third-order valence-electron chi connectivity index (χ3n) is 3.89. The predicted molar refractivity (Wildman–Crippen MR) is 103 cm³/mol. The first-order valence-electron chi connectivity index (χ1n) is 8.50. The molecule has 0 atom stereocenters. The molecule has 0 fully saturated rings. The van der Waals surface area contributed by atoms with Gasteiger partial charge in [0.25, 0.3) is 0 Å². The molecule has 0 unspecified atom stereocenters. The van der Waals surface area contributed by atoms with Crippen molar-refractivity contribution < 1.29 is 18.0 Å². The minimum absolute atomic E-state index is 0.0640. The highest BCUT2D eigenvalue weighted by atomic mass is 19.4. The molecule has 2 rings (SSSR count). The van der Waals surface area contributed by atoms with Gasteiger partial charge in [-0.2, -0.15) is 13.2 Å². The number of para-hydroxylation sites is 1. The number of anilines is 2. The quantitative estimate of drug-likeness (QED) is 0.290. The summed E-state index contributed by atoms with van der Waals surface area (Å²) in [6, 6.07) is 11.5. The van der Waals surface area contributed by atoms with Gasteiger partial charge in [-0.05, 0) is 36.4 Å². The van der Waals surface area contributed by atoms with Crippen LogP contribution in [-0.4, -0.2) is 23.3 Å². The van der Waals surface area contributed by atoms with Crippen LogP contribution in [0.15, 0.2) is 53.6 Å². The number of hydrazone groups is 1. The van der Waals surface area contributed by atoms with Crippen LogP contribution in [0.3, 0.4) is 0 Å². The SMILES string of the molecule is CC(C)C(=O)CN(N)/N=C(\N)c1ccccc1Nc1ccc(C(F)(F)F)cc1. The molecule has 0 heterocycles. The number of halogens is 3. The maximum atomic E-state index is 12.7. The molecular weight excluding hydrogens is 371 g/mol. The molecule has 0 aliphatic carbocycles. The molecule has 150 valence electrons. The van der Waals surface area contributed by atoms with Crippen molar-refractivity contribution in [2.24, 2.45) is 22.6 Å². The lowest BCUT2D eigenvalue weighted by Gasteiger charge is -2.16. The molecule has 28 heavy (non-hydrogen) atoms. The highest BCUT2D eigenvalue weighted by Gasteiger charge is 2.29. The molecule has 2 aromatic rings. The van der Waals surface area contributed by atoms with E-state index in [-0.39, 0.29) is 24.1 Å². The predicted octanol–water partition coefficient (Wildman–Crippen LogP) is 3.47. The van der Waals surface area contributed by atoms with Gasteiger partial charge in [-0.1, -0.05) is 26.0 Å². The Morgan fingerprint density at radius 3 is 2.32 bits per heavy atom. The normalized spacial score (nSPS) is 12.2. The summed E-state index contributed by atoms with van der Waals surface area (Å²) in [6.07, 6.45) is -4.40. The number of nitrogens with one attached hydrogen (secondary N) is 1. The summed E-state index contributed by atoms with van der Waals surface area (Å²) >= 11 is 0. The van der Waals surface area contributed by atoms with Gasteiger partial charge in [-0.25, -0.2) is 11.0 Å². The lowest BCUT2D eigenvalue weighted by Crippen LogP contribution is -2.35. The summed E-state index contributed by atoms with van der Waals surface area (Å²) in [5.74, 6) is 5.52. The fourth-order valence-electron chi connectivity index (χ4n) is 2.28. The van der Waals surface area contributed by atoms with Gasteiger partial charge in [-0.15, -0.1) is 5.10 Å². The summed E-state index contributed by atoms with van der Waals surface area (Å²) in [6.45, 7) is 3.42. The van der Waals surface area contributed by atoms with Gasteiger partial charge in [0, 0.05) is 22.9 Å². The Hall–Kier alpha value is -3.07. The maximum Gasteiger partial charge on any atom is 0.416 e. The Morgan fingerprint density at radius 2 is 1.75 bits per heavy atom. The monoisotopic (exact) mass is 393 g/mol. The second-order valence-corrected chi connectivity index (χ2v) is 6.45. The minimum Gasteiger partial charge on any atom is -0.382 e. The fourth-order valence-corrected chi connectivity index (χ4v) is 2.28. The number of hydrogen-bond donors (Lipinski definition) is 3. The van der Waals surface area contributed by atoms with E-state index >= 15 is 0 Å². The number of nitrogens with zero attached hydrogens (tertiary/aromatic N) is 2. The molecule has 0 radical (unpaired) electrons. The number of carbonyl (C=O) groups is 1. The largest absolute Gasteiger partial charge is 0.416 e. The third-order valence-corrected chi connectivity index (χ3v) is 3.89. The number of benzene rings is 2. The van der Waals surface area contributed by atoms with Crippen LogP contribution in [0.25, 0.3) is 0 Å². The highest BCUT2D eigenvalue weighted by Crippen LogP contribution is 2.30. The van der Waals surface area contributed by atoms with Crippen LogP contribution in [-0.2, 0) is 11.0 Å². The zero-order chi connectivity index (χ0) is 20.9. The Kier molecular flexibility index (Phi) is 6.63. The molecule has 0 saturated heterocycles. The van der Waals surface area contributed by atoms with Crippen molar-refractivity contribution in [1.82, 2.24) is 5.12 Å². The first-order valence-corrected chi connectivity index (χ1v) is 8.50. The van der Waals surface area contributed by atoms with Crippen molar-refractivity contribution in [3.63, 3.8) is 0 Å². The van der Waals surface area contributed by atoms with Crippen molar-refractivity contribution in [2.75, 3.05) is 11.9 Å². The van der Waals surface area contributed by atoms with Crippen LogP contribution >= 0.6 is 0 Å². The van der Waals surface area contributed by atoms with Crippen molar-refractivity contribution in [1.29, 1.82) is 0 Å². The molecule has 0 spiro atoms. The molecule has 6 nitrogen and oxygen atoms in total. The second kappa shape index (κ2) is 8.75. The number of hydrogen-bond acceptors (Lipinski definition) is 5. The van der Waals surface area contributed by atoms with Gasteiger partial charge < -0.3 is 11.1 Å². The minimum atomic E-state index is -4.40. The Bertz CT molecular complexity index is 847. The number of rotatable bonds is 7.